The molecule has 0 radical (unpaired) electrons. The lowest BCUT2D eigenvalue weighted by Crippen LogP contribution is -2.04. The van der Waals surface area contributed by atoms with Gasteiger partial charge in [-0.1, -0.05) is 36.4 Å². The fourth-order valence-electron chi connectivity index (χ4n) is 1.71. The molecule has 1 N–H and O–H groups in total. The van der Waals surface area contributed by atoms with Crippen LogP contribution >= 0.6 is 11.8 Å². The minimum absolute atomic E-state index is 0.0135. The number of nitriles is 1. The molecule has 0 aliphatic rings. The van der Waals surface area contributed by atoms with Crippen LogP contribution in [0.5, 0.6) is 0 Å². The molecule has 0 saturated carbocycles. The second-order valence-electron chi connectivity index (χ2n) is 4.03. The summed E-state index contributed by atoms with van der Waals surface area (Å²) in [7, 11) is 1.53. The van der Waals surface area contributed by atoms with Gasteiger partial charge in [-0.3, -0.25) is 10.1 Å². The van der Waals surface area contributed by atoms with Gasteiger partial charge in [-0.2, -0.15) is 5.26 Å². The summed E-state index contributed by atoms with van der Waals surface area (Å²) in [5.74, 6) is 0.363. The Morgan fingerprint density at radius 2 is 2.05 bits per heavy atom. The Bertz CT molecular complexity index is 756. The molecular formula is C14H11N5O2S. The Morgan fingerprint density at radius 3 is 2.64 bits per heavy atom. The highest BCUT2D eigenvalue weighted by molar-refractivity contribution is 8.03. The van der Waals surface area contributed by atoms with E-state index in [-0.39, 0.29) is 22.4 Å². The maximum atomic E-state index is 11.1. The molecule has 0 atom stereocenters. The van der Waals surface area contributed by atoms with Crippen molar-refractivity contribution in [2.75, 3.05) is 12.4 Å². The molecule has 0 spiro atoms. The van der Waals surface area contributed by atoms with Gasteiger partial charge < -0.3 is 5.32 Å². The molecule has 1 aromatic carbocycles. The van der Waals surface area contributed by atoms with E-state index in [1.807, 2.05) is 30.3 Å². The molecule has 0 amide bonds. The van der Waals surface area contributed by atoms with E-state index in [1.165, 1.54) is 7.05 Å². The van der Waals surface area contributed by atoms with Crippen LogP contribution in [0.2, 0.25) is 0 Å². The minimum atomic E-state index is -0.601. The van der Waals surface area contributed by atoms with Crippen LogP contribution in [0, 0.1) is 20.8 Å². The Hall–Kier alpha value is -2.92. The average molecular weight is 313 g/mol. The Labute approximate surface area is 130 Å². The van der Waals surface area contributed by atoms with Crippen molar-refractivity contribution in [3.8, 4) is 5.40 Å². The molecule has 0 fully saturated rings. The summed E-state index contributed by atoms with van der Waals surface area (Å²) >= 11 is 0.634. The summed E-state index contributed by atoms with van der Waals surface area (Å²) in [6.07, 6.45) is 3.43. The third-order valence-corrected chi connectivity index (χ3v) is 3.22. The average Bonchev–Trinajstić information content (AvgIpc) is 2.53. The Morgan fingerprint density at radius 1 is 1.32 bits per heavy atom. The van der Waals surface area contributed by atoms with E-state index in [0.717, 1.165) is 5.56 Å². The van der Waals surface area contributed by atoms with Gasteiger partial charge in [-0.05, 0) is 11.6 Å². The molecule has 0 bridgehead atoms. The quantitative estimate of drug-likeness (QED) is 0.297. The second-order valence-corrected chi connectivity index (χ2v) is 4.80. The van der Waals surface area contributed by atoms with E-state index in [4.69, 9.17) is 5.26 Å². The topological polar surface area (TPSA) is 105 Å². The molecule has 0 unspecified atom stereocenters. The smallest absolute Gasteiger partial charge is 0.344 e. The van der Waals surface area contributed by atoms with E-state index in [1.54, 1.807) is 17.6 Å². The molecule has 110 valence electrons. The first-order valence-corrected chi connectivity index (χ1v) is 7.00. The maximum Gasteiger partial charge on any atom is 0.344 e. The summed E-state index contributed by atoms with van der Waals surface area (Å²) in [5.41, 5.74) is 0.649. The van der Waals surface area contributed by atoms with Crippen molar-refractivity contribution in [3.63, 3.8) is 0 Å². The fourth-order valence-corrected chi connectivity index (χ4v) is 2.21. The number of hydrogen-bond donors (Lipinski definition) is 1. The van der Waals surface area contributed by atoms with Crippen LogP contribution in [0.15, 0.2) is 35.4 Å². The summed E-state index contributed by atoms with van der Waals surface area (Å²) in [5, 5.41) is 24.4. The van der Waals surface area contributed by atoms with Crippen molar-refractivity contribution in [2.45, 2.75) is 5.03 Å². The van der Waals surface area contributed by atoms with E-state index in [2.05, 4.69) is 15.3 Å². The summed E-state index contributed by atoms with van der Waals surface area (Å²) in [6, 6.07) is 9.51. The van der Waals surface area contributed by atoms with Gasteiger partial charge in [-0.15, -0.1) is 0 Å². The molecule has 0 aliphatic heterocycles. The Kier molecular flexibility index (Phi) is 5.06. The third kappa shape index (κ3) is 3.59. The number of hydrogen-bond acceptors (Lipinski definition) is 7. The number of benzene rings is 1. The molecule has 1 aromatic heterocycles. The van der Waals surface area contributed by atoms with Gasteiger partial charge in [0.2, 0.25) is 5.82 Å². The van der Waals surface area contributed by atoms with Crippen LogP contribution in [-0.4, -0.2) is 21.9 Å². The number of anilines is 1. The zero-order valence-corrected chi connectivity index (χ0v) is 12.4. The SMILES string of the molecule is CNc1nc(/C=C/c2ccccc2)nc(SC#N)c1[N+](=O)[O-]. The number of thioether (sulfide) groups is 1. The van der Waals surface area contributed by atoms with Crippen molar-refractivity contribution in [3.05, 3.63) is 51.8 Å². The van der Waals surface area contributed by atoms with Gasteiger partial charge in [-0.25, -0.2) is 9.97 Å². The molecular weight excluding hydrogens is 302 g/mol. The first-order valence-electron chi connectivity index (χ1n) is 6.19. The van der Waals surface area contributed by atoms with Crippen molar-refractivity contribution in [1.82, 2.24) is 9.97 Å². The van der Waals surface area contributed by atoms with Crippen LogP contribution in [0.4, 0.5) is 11.5 Å². The van der Waals surface area contributed by atoms with Gasteiger partial charge in [0.25, 0.3) is 0 Å². The van der Waals surface area contributed by atoms with Gasteiger partial charge in [0.1, 0.15) is 5.40 Å². The first-order chi connectivity index (χ1) is 10.7. The predicted octanol–water partition coefficient (Wildman–Crippen LogP) is 3.17. The maximum absolute atomic E-state index is 11.1. The first kappa shape index (κ1) is 15.5. The zero-order valence-electron chi connectivity index (χ0n) is 11.6. The molecule has 8 heteroatoms. The second kappa shape index (κ2) is 7.19. The number of aromatic nitrogens is 2. The molecule has 0 saturated heterocycles. The summed E-state index contributed by atoms with van der Waals surface area (Å²) in [6.45, 7) is 0. The van der Waals surface area contributed by atoms with Gasteiger partial charge in [0.15, 0.2) is 10.9 Å². The minimum Gasteiger partial charge on any atom is -0.367 e. The lowest BCUT2D eigenvalue weighted by molar-refractivity contribution is -0.387. The van der Waals surface area contributed by atoms with E-state index >= 15 is 0 Å². The van der Waals surface area contributed by atoms with Crippen LogP contribution in [0.3, 0.4) is 0 Å². The molecule has 2 rings (SSSR count). The van der Waals surface area contributed by atoms with E-state index < -0.39 is 4.92 Å². The van der Waals surface area contributed by atoms with Crippen LogP contribution in [-0.2, 0) is 0 Å². The number of nitrogens with zero attached hydrogens (tertiary/aromatic N) is 4. The molecule has 2 aromatic rings. The third-order valence-electron chi connectivity index (χ3n) is 2.66. The number of nitrogens with one attached hydrogen (secondary N) is 1. The van der Waals surface area contributed by atoms with Crippen LogP contribution < -0.4 is 5.32 Å². The predicted molar refractivity (Wildman–Crippen MR) is 85.1 cm³/mol. The van der Waals surface area contributed by atoms with Gasteiger partial charge >= 0.3 is 5.69 Å². The highest BCUT2D eigenvalue weighted by Gasteiger charge is 2.24. The molecule has 1 heterocycles. The largest absolute Gasteiger partial charge is 0.367 e. The monoisotopic (exact) mass is 313 g/mol. The number of rotatable bonds is 5. The van der Waals surface area contributed by atoms with E-state index in [9.17, 15) is 10.1 Å². The van der Waals surface area contributed by atoms with Crippen LogP contribution in [0.25, 0.3) is 12.2 Å². The van der Waals surface area contributed by atoms with Crippen molar-refractivity contribution in [2.24, 2.45) is 0 Å². The lowest BCUT2D eigenvalue weighted by atomic mass is 10.2. The standard InChI is InChI=1S/C14H11N5O2S/c1-16-13-12(19(20)21)14(22-9-15)18-11(17-13)8-7-10-5-3-2-4-6-10/h2-8H,1H3,(H,16,17,18)/b8-7+. The summed E-state index contributed by atoms with van der Waals surface area (Å²) < 4.78 is 0. The normalized spacial score (nSPS) is 10.4. The van der Waals surface area contributed by atoms with Crippen molar-refractivity contribution in [1.29, 1.82) is 5.26 Å². The number of nitro groups is 1. The van der Waals surface area contributed by atoms with Crippen molar-refractivity contribution >= 4 is 35.4 Å². The van der Waals surface area contributed by atoms with Gasteiger partial charge in [0.05, 0.1) is 4.92 Å². The lowest BCUT2D eigenvalue weighted by Gasteiger charge is -2.05. The zero-order chi connectivity index (χ0) is 15.9. The summed E-state index contributed by atoms with van der Waals surface area (Å²) in [4.78, 5) is 18.7. The molecule has 0 aliphatic carbocycles. The van der Waals surface area contributed by atoms with Gasteiger partial charge in [0, 0.05) is 18.8 Å². The molecule has 7 nitrogen and oxygen atoms in total. The van der Waals surface area contributed by atoms with E-state index in [0.29, 0.717) is 11.8 Å². The van der Waals surface area contributed by atoms with Crippen molar-refractivity contribution < 1.29 is 4.92 Å². The fraction of sp³-hybridized carbons (Fsp3) is 0.0714. The highest BCUT2D eigenvalue weighted by atomic mass is 32.2. The van der Waals surface area contributed by atoms with Crippen LogP contribution in [0.1, 0.15) is 11.4 Å². The number of thiocyanates is 1. The molecule has 22 heavy (non-hydrogen) atoms. The Balaban J connectivity index is 2.45. The highest BCUT2D eigenvalue weighted by Crippen LogP contribution is 2.32.